The van der Waals surface area contributed by atoms with Crippen molar-refractivity contribution in [2.24, 2.45) is 0 Å². The Morgan fingerprint density at radius 1 is 1.42 bits per heavy atom. The number of thioether (sulfide) groups is 1. The zero-order valence-electron chi connectivity index (χ0n) is 10.9. The second kappa shape index (κ2) is 5.61. The molecule has 1 aromatic heterocycles. The van der Waals surface area contributed by atoms with Crippen molar-refractivity contribution >= 4 is 17.4 Å². The third-order valence-corrected chi connectivity index (χ3v) is 4.80. The standard InChI is InChI=1S/C13H17N5S/c1-10-13(6-3-7-19-10)15-11-4-2-5-12(8-11)18-9-14-16-17-18/h2,4-5,8-10,13,15H,3,6-7H2,1H3. The molecule has 0 amide bonds. The maximum absolute atomic E-state index is 3.91. The molecule has 1 saturated heterocycles. The van der Waals surface area contributed by atoms with Crippen molar-refractivity contribution in [3.05, 3.63) is 30.6 Å². The van der Waals surface area contributed by atoms with Crippen LogP contribution in [0.2, 0.25) is 0 Å². The Kier molecular flexibility index (Phi) is 3.68. The van der Waals surface area contributed by atoms with Gasteiger partial charge in [-0.2, -0.15) is 11.8 Å². The van der Waals surface area contributed by atoms with Gasteiger partial charge in [0.25, 0.3) is 0 Å². The summed E-state index contributed by atoms with van der Waals surface area (Å²) >= 11 is 2.05. The van der Waals surface area contributed by atoms with E-state index in [4.69, 9.17) is 0 Å². The van der Waals surface area contributed by atoms with E-state index in [1.54, 1.807) is 11.0 Å². The van der Waals surface area contributed by atoms with Crippen LogP contribution in [-0.2, 0) is 0 Å². The highest BCUT2D eigenvalue weighted by Gasteiger charge is 2.21. The number of hydrogen-bond donors (Lipinski definition) is 1. The average molecular weight is 275 g/mol. The Balaban J connectivity index is 1.76. The predicted molar refractivity (Wildman–Crippen MR) is 77.7 cm³/mol. The number of rotatable bonds is 3. The maximum atomic E-state index is 3.91. The average Bonchev–Trinajstić information content (AvgIpc) is 2.96. The minimum absolute atomic E-state index is 0.544. The molecule has 5 nitrogen and oxygen atoms in total. The lowest BCUT2D eigenvalue weighted by molar-refractivity contribution is 0.617. The summed E-state index contributed by atoms with van der Waals surface area (Å²) in [5.74, 6) is 1.28. The van der Waals surface area contributed by atoms with E-state index in [-0.39, 0.29) is 0 Å². The number of aromatic nitrogens is 4. The van der Waals surface area contributed by atoms with E-state index in [2.05, 4.69) is 39.9 Å². The van der Waals surface area contributed by atoms with Crippen molar-refractivity contribution < 1.29 is 0 Å². The first-order chi connectivity index (χ1) is 9.33. The van der Waals surface area contributed by atoms with Crippen molar-refractivity contribution in [2.75, 3.05) is 11.1 Å². The van der Waals surface area contributed by atoms with Crippen LogP contribution in [0.15, 0.2) is 30.6 Å². The van der Waals surface area contributed by atoms with E-state index >= 15 is 0 Å². The van der Waals surface area contributed by atoms with Gasteiger partial charge in [0.15, 0.2) is 0 Å². The van der Waals surface area contributed by atoms with Crippen molar-refractivity contribution in [1.29, 1.82) is 0 Å². The Morgan fingerprint density at radius 2 is 2.37 bits per heavy atom. The molecule has 100 valence electrons. The highest BCUT2D eigenvalue weighted by Crippen LogP contribution is 2.28. The van der Waals surface area contributed by atoms with Crippen LogP contribution in [0.1, 0.15) is 19.8 Å². The van der Waals surface area contributed by atoms with Crippen LogP contribution in [0.5, 0.6) is 0 Å². The van der Waals surface area contributed by atoms with Gasteiger partial charge in [0, 0.05) is 17.0 Å². The first-order valence-electron chi connectivity index (χ1n) is 6.54. The van der Waals surface area contributed by atoms with E-state index in [9.17, 15) is 0 Å². The SMILES string of the molecule is CC1SCCCC1Nc1cccc(-n2cnnn2)c1. The second-order valence-electron chi connectivity index (χ2n) is 4.77. The minimum Gasteiger partial charge on any atom is -0.381 e. The normalized spacial score (nSPS) is 23.2. The fourth-order valence-corrected chi connectivity index (χ4v) is 3.49. The van der Waals surface area contributed by atoms with Gasteiger partial charge in [-0.3, -0.25) is 0 Å². The van der Waals surface area contributed by atoms with Gasteiger partial charge in [-0.1, -0.05) is 13.0 Å². The Morgan fingerprint density at radius 3 is 3.16 bits per heavy atom. The number of hydrogen-bond acceptors (Lipinski definition) is 5. The Bertz CT molecular complexity index is 528. The topological polar surface area (TPSA) is 55.6 Å². The second-order valence-corrected chi connectivity index (χ2v) is 6.26. The monoisotopic (exact) mass is 275 g/mol. The van der Waals surface area contributed by atoms with Gasteiger partial charge in [-0.15, -0.1) is 5.10 Å². The van der Waals surface area contributed by atoms with E-state index in [1.807, 2.05) is 23.9 Å². The van der Waals surface area contributed by atoms with E-state index in [0.717, 1.165) is 11.4 Å². The van der Waals surface area contributed by atoms with Crippen LogP contribution in [-0.4, -0.2) is 37.3 Å². The molecule has 2 heterocycles. The molecule has 0 aliphatic carbocycles. The highest BCUT2D eigenvalue weighted by atomic mass is 32.2. The van der Waals surface area contributed by atoms with Gasteiger partial charge < -0.3 is 5.32 Å². The zero-order chi connectivity index (χ0) is 13.1. The van der Waals surface area contributed by atoms with Gasteiger partial charge in [-0.05, 0) is 47.2 Å². The molecular weight excluding hydrogens is 258 g/mol. The molecule has 2 aromatic rings. The lowest BCUT2D eigenvalue weighted by Crippen LogP contribution is -2.32. The number of nitrogens with zero attached hydrogens (tertiary/aromatic N) is 4. The van der Waals surface area contributed by atoms with Gasteiger partial charge in [-0.25, -0.2) is 4.68 Å². The molecule has 1 aromatic carbocycles. The lowest BCUT2D eigenvalue weighted by Gasteiger charge is -2.30. The third-order valence-electron chi connectivity index (χ3n) is 3.42. The molecule has 1 fully saturated rings. The molecule has 1 N–H and O–H groups in total. The van der Waals surface area contributed by atoms with Gasteiger partial charge in [0.05, 0.1) is 5.69 Å². The summed E-state index contributed by atoms with van der Waals surface area (Å²) < 4.78 is 1.67. The fraction of sp³-hybridized carbons (Fsp3) is 0.462. The number of anilines is 1. The van der Waals surface area contributed by atoms with Gasteiger partial charge in [0.2, 0.25) is 0 Å². The largest absolute Gasteiger partial charge is 0.381 e. The summed E-state index contributed by atoms with van der Waals surface area (Å²) in [5.41, 5.74) is 2.11. The van der Waals surface area contributed by atoms with Gasteiger partial charge >= 0.3 is 0 Å². The van der Waals surface area contributed by atoms with Crippen LogP contribution in [0, 0.1) is 0 Å². The van der Waals surface area contributed by atoms with E-state index < -0.39 is 0 Å². The van der Waals surface area contributed by atoms with E-state index in [0.29, 0.717) is 11.3 Å². The molecule has 3 rings (SSSR count). The number of tetrazole rings is 1. The molecule has 0 bridgehead atoms. The smallest absolute Gasteiger partial charge is 0.143 e. The Hall–Kier alpha value is -1.56. The van der Waals surface area contributed by atoms with Crippen LogP contribution >= 0.6 is 11.8 Å². The lowest BCUT2D eigenvalue weighted by atomic mass is 10.1. The molecule has 0 saturated carbocycles. The van der Waals surface area contributed by atoms with Crippen LogP contribution in [0.3, 0.4) is 0 Å². The van der Waals surface area contributed by atoms with Gasteiger partial charge in [0.1, 0.15) is 6.33 Å². The summed E-state index contributed by atoms with van der Waals surface area (Å²) in [4.78, 5) is 0. The maximum Gasteiger partial charge on any atom is 0.143 e. The summed E-state index contributed by atoms with van der Waals surface area (Å²) in [6.07, 6.45) is 4.14. The number of nitrogens with one attached hydrogen (secondary N) is 1. The molecule has 1 aliphatic heterocycles. The quantitative estimate of drug-likeness (QED) is 0.932. The van der Waals surface area contributed by atoms with Crippen LogP contribution in [0.25, 0.3) is 5.69 Å². The summed E-state index contributed by atoms with van der Waals surface area (Å²) in [6, 6.07) is 8.76. The first-order valence-corrected chi connectivity index (χ1v) is 7.59. The van der Waals surface area contributed by atoms with Crippen molar-refractivity contribution in [2.45, 2.75) is 31.1 Å². The third kappa shape index (κ3) is 2.89. The molecule has 2 unspecified atom stereocenters. The van der Waals surface area contributed by atoms with E-state index in [1.165, 1.54) is 18.6 Å². The van der Waals surface area contributed by atoms with Crippen molar-refractivity contribution in [3.8, 4) is 5.69 Å². The molecular formula is C13H17N5S. The zero-order valence-corrected chi connectivity index (χ0v) is 11.7. The molecule has 0 spiro atoms. The summed E-state index contributed by atoms with van der Waals surface area (Å²) in [7, 11) is 0. The minimum atomic E-state index is 0.544. The predicted octanol–water partition coefficient (Wildman–Crippen LogP) is 2.36. The van der Waals surface area contributed by atoms with Crippen molar-refractivity contribution in [3.63, 3.8) is 0 Å². The van der Waals surface area contributed by atoms with Crippen molar-refractivity contribution in [1.82, 2.24) is 20.2 Å². The molecule has 1 aliphatic rings. The van der Waals surface area contributed by atoms with Crippen LogP contribution in [0.4, 0.5) is 5.69 Å². The Labute approximate surface area is 116 Å². The summed E-state index contributed by atoms with van der Waals surface area (Å²) in [6.45, 7) is 2.30. The fourth-order valence-electron chi connectivity index (χ4n) is 2.34. The molecule has 0 radical (unpaired) electrons. The molecule has 19 heavy (non-hydrogen) atoms. The first kappa shape index (κ1) is 12.5. The molecule has 6 heteroatoms. The molecule has 2 atom stereocenters. The summed E-state index contributed by atoms with van der Waals surface area (Å²) in [5, 5.41) is 15.5. The highest BCUT2D eigenvalue weighted by molar-refractivity contribution is 8.00. The van der Waals surface area contributed by atoms with Crippen LogP contribution < -0.4 is 5.32 Å². The number of benzene rings is 1.